The fourth-order valence-corrected chi connectivity index (χ4v) is 2.15. The Kier molecular flexibility index (Phi) is 7.71. The van der Waals surface area contributed by atoms with Gasteiger partial charge in [0.05, 0.1) is 0 Å². The summed E-state index contributed by atoms with van der Waals surface area (Å²) in [6.07, 6.45) is 2.18. The number of hydrogen-bond acceptors (Lipinski definition) is 4. The van der Waals surface area contributed by atoms with Crippen molar-refractivity contribution in [3.63, 3.8) is 0 Å². The summed E-state index contributed by atoms with van der Waals surface area (Å²) in [5.41, 5.74) is 2.61. The Bertz CT molecular complexity index is 247. The summed E-state index contributed by atoms with van der Waals surface area (Å²) in [5.74, 6) is 6.78. The number of nitrogens with zero attached hydrogens (tertiary/aromatic N) is 2. The van der Waals surface area contributed by atoms with E-state index in [0.717, 1.165) is 39.2 Å². The van der Waals surface area contributed by atoms with Crippen LogP contribution in [0, 0.1) is 5.92 Å². The van der Waals surface area contributed by atoms with Crippen molar-refractivity contribution in [1.29, 1.82) is 0 Å². The van der Waals surface area contributed by atoms with Crippen LogP contribution in [0.3, 0.4) is 0 Å². The van der Waals surface area contributed by atoms with E-state index in [4.69, 9.17) is 10.6 Å². The zero-order valence-electron chi connectivity index (χ0n) is 11.6. The van der Waals surface area contributed by atoms with E-state index < -0.39 is 0 Å². The standard InChI is InChI=1S/C12H27N5O/c1-3-17-7-5-11(10-17)9-15-12(16-13)14-6-4-8-18-2/h11H,3-10,13H2,1-2H3,(H2,14,15,16). The number of nitrogens with two attached hydrogens (primary N) is 1. The summed E-state index contributed by atoms with van der Waals surface area (Å²) in [5, 5.41) is 3.17. The van der Waals surface area contributed by atoms with Crippen LogP contribution in [0.15, 0.2) is 4.99 Å². The summed E-state index contributed by atoms with van der Waals surface area (Å²) in [6.45, 7) is 8.10. The van der Waals surface area contributed by atoms with Crippen LogP contribution in [0.25, 0.3) is 0 Å². The number of nitrogens with one attached hydrogen (secondary N) is 2. The lowest BCUT2D eigenvalue weighted by Crippen LogP contribution is -2.42. The summed E-state index contributed by atoms with van der Waals surface area (Å²) in [7, 11) is 1.70. The molecule has 0 aliphatic carbocycles. The molecule has 0 radical (unpaired) electrons. The van der Waals surface area contributed by atoms with Gasteiger partial charge in [-0.25, -0.2) is 5.84 Å². The molecule has 0 bridgehead atoms. The van der Waals surface area contributed by atoms with Crippen LogP contribution in [-0.2, 0) is 4.74 Å². The maximum Gasteiger partial charge on any atom is 0.205 e. The van der Waals surface area contributed by atoms with Gasteiger partial charge in [0.2, 0.25) is 5.96 Å². The van der Waals surface area contributed by atoms with Crippen molar-refractivity contribution in [2.24, 2.45) is 16.8 Å². The molecule has 1 aliphatic heterocycles. The molecule has 18 heavy (non-hydrogen) atoms. The van der Waals surface area contributed by atoms with Gasteiger partial charge < -0.3 is 15.0 Å². The van der Waals surface area contributed by atoms with Crippen molar-refractivity contribution in [2.45, 2.75) is 19.8 Å². The van der Waals surface area contributed by atoms with E-state index >= 15 is 0 Å². The molecular weight excluding hydrogens is 230 g/mol. The predicted molar refractivity (Wildman–Crippen MR) is 74.3 cm³/mol. The minimum Gasteiger partial charge on any atom is -0.385 e. The third-order valence-corrected chi connectivity index (χ3v) is 3.28. The second-order valence-electron chi connectivity index (χ2n) is 4.65. The Morgan fingerprint density at radius 1 is 1.56 bits per heavy atom. The van der Waals surface area contributed by atoms with E-state index in [2.05, 4.69) is 27.6 Å². The predicted octanol–water partition coefficient (Wildman–Crippen LogP) is -0.226. The molecule has 1 fully saturated rings. The van der Waals surface area contributed by atoms with Gasteiger partial charge in [0.15, 0.2) is 0 Å². The molecular formula is C12H27N5O. The first kappa shape index (κ1) is 15.2. The molecule has 6 heteroatoms. The topological polar surface area (TPSA) is 74.9 Å². The molecule has 0 aromatic carbocycles. The highest BCUT2D eigenvalue weighted by Crippen LogP contribution is 2.15. The Morgan fingerprint density at radius 3 is 3.00 bits per heavy atom. The van der Waals surface area contributed by atoms with Crippen molar-refractivity contribution in [2.75, 3.05) is 46.4 Å². The van der Waals surface area contributed by atoms with Crippen LogP contribution < -0.4 is 16.6 Å². The Balaban J connectivity index is 2.21. The summed E-state index contributed by atoms with van der Waals surface area (Å²) < 4.78 is 4.99. The number of hydrazine groups is 1. The molecule has 1 heterocycles. The largest absolute Gasteiger partial charge is 0.385 e. The first-order chi connectivity index (χ1) is 8.80. The van der Waals surface area contributed by atoms with Gasteiger partial charge >= 0.3 is 0 Å². The smallest absolute Gasteiger partial charge is 0.205 e. The maximum atomic E-state index is 5.44. The van der Waals surface area contributed by atoms with E-state index in [1.807, 2.05) is 0 Å². The normalized spacial score (nSPS) is 21.3. The van der Waals surface area contributed by atoms with Gasteiger partial charge in [0.25, 0.3) is 0 Å². The number of aliphatic imine (C=N–C) groups is 1. The third-order valence-electron chi connectivity index (χ3n) is 3.28. The van der Waals surface area contributed by atoms with Crippen molar-refractivity contribution < 1.29 is 4.74 Å². The van der Waals surface area contributed by atoms with Crippen LogP contribution in [0.4, 0.5) is 0 Å². The minimum absolute atomic E-state index is 0.661. The van der Waals surface area contributed by atoms with E-state index in [1.165, 1.54) is 13.0 Å². The minimum atomic E-state index is 0.661. The molecule has 1 atom stereocenters. The SMILES string of the molecule is CCN1CCC(CN=C(NN)NCCCOC)C1. The van der Waals surface area contributed by atoms with Gasteiger partial charge in [-0.1, -0.05) is 6.92 Å². The van der Waals surface area contributed by atoms with Crippen LogP contribution >= 0.6 is 0 Å². The zero-order valence-corrected chi connectivity index (χ0v) is 11.6. The second kappa shape index (κ2) is 9.13. The van der Waals surface area contributed by atoms with Crippen LogP contribution in [0.2, 0.25) is 0 Å². The maximum absolute atomic E-state index is 5.44. The first-order valence-corrected chi connectivity index (χ1v) is 6.76. The number of methoxy groups -OCH3 is 1. The monoisotopic (exact) mass is 257 g/mol. The molecule has 1 aliphatic rings. The van der Waals surface area contributed by atoms with Crippen LogP contribution in [0.1, 0.15) is 19.8 Å². The number of guanidine groups is 1. The van der Waals surface area contributed by atoms with E-state index in [9.17, 15) is 0 Å². The fraction of sp³-hybridized carbons (Fsp3) is 0.917. The molecule has 0 saturated carbocycles. The van der Waals surface area contributed by atoms with Gasteiger partial charge in [-0.2, -0.15) is 0 Å². The molecule has 0 amide bonds. The van der Waals surface area contributed by atoms with E-state index in [1.54, 1.807) is 7.11 Å². The van der Waals surface area contributed by atoms with Gasteiger partial charge in [0, 0.05) is 33.4 Å². The highest BCUT2D eigenvalue weighted by atomic mass is 16.5. The summed E-state index contributed by atoms with van der Waals surface area (Å²) in [4.78, 5) is 6.95. The lowest BCUT2D eigenvalue weighted by Gasteiger charge is -2.13. The van der Waals surface area contributed by atoms with Gasteiger partial charge in [-0.3, -0.25) is 10.4 Å². The molecule has 0 spiro atoms. The molecule has 4 N–H and O–H groups in total. The lowest BCUT2D eigenvalue weighted by atomic mass is 10.1. The summed E-state index contributed by atoms with van der Waals surface area (Å²) >= 11 is 0. The molecule has 0 aromatic rings. The summed E-state index contributed by atoms with van der Waals surface area (Å²) in [6, 6.07) is 0. The molecule has 6 nitrogen and oxygen atoms in total. The van der Waals surface area contributed by atoms with Gasteiger partial charge in [-0.05, 0) is 31.8 Å². The Morgan fingerprint density at radius 2 is 2.39 bits per heavy atom. The number of hydrogen-bond donors (Lipinski definition) is 3. The Labute approximate surface area is 110 Å². The van der Waals surface area contributed by atoms with Gasteiger partial charge in [-0.15, -0.1) is 0 Å². The van der Waals surface area contributed by atoms with Crippen molar-refractivity contribution >= 4 is 5.96 Å². The van der Waals surface area contributed by atoms with Crippen LogP contribution in [0.5, 0.6) is 0 Å². The zero-order chi connectivity index (χ0) is 13.2. The van der Waals surface area contributed by atoms with Gasteiger partial charge in [0.1, 0.15) is 0 Å². The number of likely N-dealkylation sites (tertiary alicyclic amines) is 1. The Hall–Kier alpha value is -0.850. The average Bonchev–Trinajstić information content (AvgIpc) is 2.86. The average molecular weight is 257 g/mol. The number of ether oxygens (including phenoxy) is 1. The number of rotatable bonds is 7. The second-order valence-corrected chi connectivity index (χ2v) is 4.65. The molecule has 1 unspecified atom stereocenters. The van der Waals surface area contributed by atoms with Crippen molar-refractivity contribution in [3.05, 3.63) is 0 Å². The van der Waals surface area contributed by atoms with Crippen LogP contribution in [-0.4, -0.2) is 57.3 Å². The molecule has 1 saturated heterocycles. The highest BCUT2D eigenvalue weighted by Gasteiger charge is 2.20. The van der Waals surface area contributed by atoms with Crippen molar-refractivity contribution in [3.8, 4) is 0 Å². The fourth-order valence-electron chi connectivity index (χ4n) is 2.15. The van der Waals surface area contributed by atoms with Crippen molar-refractivity contribution in [1.82, 2.24) is 15.6 Å². The van der Waals surface area contributed by atoms with E-state index in [-0.39, 0.29) is 0 Å². The molecule has 0 aromatic heterocycles. The first-order valence-electron chi connectivity index (χ1n) is 6.76. The highest BCUT2D eigenvalue weighted by molar-refractivity contribution is 5.79. The lowest BCUT2D eigenvalue weighted by molar-refractivity contribution is 0.195. The van der Waals surface area contributed by atoms with E-state index in [0.29, 0.717) is 11.9 Å². The third kappa shape index (κ3) is 5.66. The molecule has 1 rings (SSSR count). The quantitative estimate of drug-likeness (QED) is 0.193. The molecule has 106 valence electrons.